The van der Waals surface area contributed by atoms with Gasteiger partial charge in [0.2, 0.25) is 11.8 Å². The summed E-state index contributed by atoms with van der Waals surface area (Å²) in [4.78, 5) is 63.1. The van der Waals surface area contributed by atoms with Gasteiger partial charge in [-0.25, -0.2) is 4.98 Å². The van der Waals surface area contributed by atoms with Crippen molar-refractivity contribution in [2.45, 2.75) is 30.4 Å². The highest BCUT2D eigenvalue weighted by atomic mass is 35.5. The minimum Gasteiger partial charge on any atom is -0.508 e. The van der Waals surface area contributed by atoms with Crippen LogP contribution >= 0.6 is 34.8 Å². The summed E-state index contributed by atoms with van der Waals surface area (Å²) in [7, 11) is 0. The standard InChI is InChI=1S/C38H26Cl3F3N4O5/c39-20-7-5-18(6-8-20)37-27(34(51)48(36(37)53)46-32-28(41)15-19(17-45-32)38(42,43)44)16-26-23(31(37)24-3-1-2-4-29(24)49)13-14-25-30(26)35(52)47(33(25)50)22-11-9-21(40)10-12-22/h1-13,15,17,25-27,30-31,49H,14,16H2,(H,45,46). The van der Waals surface area contributed by atoms with E-state index in [-0.39, 0.29) is 24.4 Å². The molecular formula is C38H26Cl3F3N4O5. The molecule has 4 aromatic rings. The number of benzene rings is 3. The lowest BCUT2D eigenvalue weighted by molar-refractivity contribution is -0.139. The third kappa shape index (κ3) is 5.32. The number of nitrogens with zero attached hydrogens (tertiary/aromatic N) is 3. The highest BCUT2D eigenvalue weighted by Crippen LogP contribution is 2.65. The van der Waals surface area contributed by atoms with Crippen molar-refractivity contribution in [2.24, 2.45) is 23.7 Å². The number of anilines is 2. The van der Waals surface area contributed by atoms with Crippen molar-refractivity contribution in [3.8, 4) is 5.75 Å². The highest BCUT2D eigenvalue weighted by Gasteiger charge is 2.70. The molecule has 8 rings (SSSR count). The van der Waals surface area contributed by atoms with Crippen LogP contribution in [0.15, 0.2) is 96.7 Å². The predicted molar refractivity (Wildman–Crippen MR) is 189 cm³/mol. The summed E-state index contributed by atoms with van der Waals surface area (Å²) in [6.07, 6.45) is -2.32. The third-order valence-electron chi connectivity index (χ3n) is 10.9. The molecule has 9 nitrogen and oxygen atoms in total. The number of hydrogen-bond acceptors (Lipinski definition) is 7. The average Bonchev–Trinajstić information content (AvgIpc) is 3.50. The molecule has 6 unspecified atom stereocenters. The molecule has 15 heteroatoms. The van der Waals surface area contributed by atoms with E-state index in [2.05, 4.69) is 10.4 Å². The van der Waals surface area contributed by atoms with E-state index >= 15 is 4.79 Å². The maximum atomic E-state index is 15.2. The second-order valence-corrected chi connectivity index (χ2v) is 14.7. The number of nitrogens with one attached hydrogen (secondary N) is 1. The van der Waals surface area contributed by atoms with Gasteiger partial charge >= 0.3 is 6.18 Å². The number of imide groups is 2. The van der Waals surface area contributed by atoms with Gasteiger partial charge in [0, 0.05) is 27.7 Å². The Morgan fingerprint density at radius 3 is 2.15 bits per heavy atom. The van der Waals surface area contributed by atoms with Crippen molar-refractivity contribution in [1.82, 2.24) is 9.99 Å². The van der Waals surface area contributed by atoms with Crippen molar-refractivity contribution < 1.29 is 37.5 Å². The highest BCUT2D eigenvalue weighted by molar-refractivity contribution is 6.33. The molecule has 2 saturated heterocycles. The molecule has 1 saturated carbocycles. The fourth-order valence-electron chi connectivity index (χ4n) is 8.70. The first kappa shape index (κ1) is 35.1. The molecule has 3 fully saturated rings. The van der Waals surface area contributed by atoms with E-state index in [1.807, 2.05) is 6.08 Å². The molecule has 4 aliphatic rings. The summed E-state index contributed by atoms with van der Waals surface area (Å²) in [5.41, 5.74) is 1.27. The second kappa shape index (κ2) is 12.6. The maximum absolute atomic E-state index is 15.2. The number of phenols is 1. The van der Waals surface area contributed by atoms with Crippen LogP contribution in [0.5, 0.6) is 5.75 Å². The number of aromatic nitrogens is 1. The normalized spacial score (nSPS) is 26.7. The minimum atomic E-state index is -4.75. The Bertz CT molecular complexity index is 2250. The molecule has 6 atom stereocenters. The molecule has 3 aromatic carbocycles. The molecule has 2 aliphatic carbocycles. The number of phenolic OH excluding ortho intramolecular Hbond substituents is 1. The van der Waals surface area contributed by atoms with E-state index < -0.39 is 75.4 Å². The quantitative estimate of drug-likeness (QED) is 0.156. The van der Waals surface area contributed by atoms with Crippen LogP contribution in [0.3, 0.4) is 0 Å². The number of amides is 4. The Morgan fingerprint density at radius 1 is 0.849 bits per heavy atom. The van der Waals surface area contributed by atoms with Crippen molar-refractivity contribution in [2.75, 3.05) is 10.3 Å². The Balaban J connectivity index is 1.30. The lowest BCUT2D eigenvalue weighted by atomic mass is 9.49. The first-order chi connectivity index (χ1) is 25.2. The molecule has 4 amide bonds. The Labute approximate surface area is 314 Å². The van der Waals surface area contributed by atoms with E-state index in [4.69, 9.17) is 34.8 Å². The van der Waals surface area contributed by atoms with E-state index in [0.29, 0.717) is 49.7 Å². The van der Waals surface area contributed by atoms with E-state index in [9.17, 15) is 32.7 Å². The number of carbonyl (C=O) groups is 4. The van der Waals surface area contributed by atoms with Crippen LogP contribution < -0.4 is 10.3 Å². The molecule has 2 aliphatic heterocycles. The van der Waals surface area contributed by atoms with Crippen LogP contribution in [0.25, 0.3) is 0 Å². The molecular weight excluding hydrogens is 756 g/mol. The van der Waals surface area contributed by atoms with Gasteiger partial charge in [-0.2, -0.15) is 18.2 Å². The van der Waals surface area contributed by atoms with Gasteiger partial charge in [0.1, 0.15) is 5.75 Å². The van der Waals surface area contributed by atoms with Crippen LogP contribution in [0, 0.1) is 23.7 Å². The summed E-state index contributed by atoms with van der Waals surface area (Å²) in [6.45, 7) is 0. The SMILES string of the molecule is O=C1C2CC3C(=CCC4C(=O)N(c5ccc(Cl)cc5)C(=O)C43)C(c3ccccc3O)C2(c2ccc(Cl)cc2)C(=O)N1Nc1ncc(C(F)(F)F)cc1Cl. The van der Waals surface area contributed by atoms with E-state index in [0.717, 1.165) is 4.90 Å². The zero-order valence-corrected chi connectivity index (χ0v) is 29.4. The van der Waals surface area contributed by atoms with Crippen molar-refractivity contribution in [3.05, 3.63) is 128 Å². The molecule has 2 N–H and O–H groups in total. The average molecular weight is 782 g/mol. The molecule has 270 valence electrons. The summed E-state index contributed by atoms with van der Waals surface area (Å²) in [6, 6.07) is 19.6. The van der Waals surface area contributed by atoms with Gasteiger partial charge in [0.25, 0.3) is 11.8 Å². The number of alkyl halides is 3. The summed E-state index contributed by atoms with van der Waals surface area (Å²) < 4.78 is 40.3. The Kier molecular flexibility index (Phi) is 8.36. The Morgan fingerprint density at radius 2 is 1.51 bits per heavy atom. The molecule has 0 radical (unpaired) electrons. The maximum Gasteiger partial charge on any atom is 0.417 e. The van der Waals surface area contributed by atoms with Gasteiger partial charge in [0.15, 0.2) is 5.82 Å². The number of rotatable bonds is 5. The van der Waals surface area contributed by atoms with Crippen LogP contribution in [0.2, 0.25) is 15.1 Å². The smallest absolute Gasteiger partial charge is 0.417 e. The zero-order chi connectivity index (χ0) is 37.6. The van der Waals surface area contributed by atoms with Gasteiger partial charge < -0.3 is 5.11 Å². The molecule has 3 heterocycles. The van der Waals surface area contributed by atoms with Crippen molar-refractivity contribution >= 4 is 69.9 Å². The number of fused-ring (bicyclic) bond motifs is 4. The second-order valence-electron chi connectivity index (χ2n) is 13.5. The van der Waals surface area contributed by atoms with Gasteiger partial charge in [-0.05, 0) is 72.9 Å². The predicted octanol–water partition coefficient (Wildman–Crippen LogP) is 7.96. The van der Waals surface area contributed by atoms with Gasteiger partial charge in [-0.3, -0.25) is 29.5 Å². The van der Waals surface area contributed by atoms with Crippen LogP contribution in [0.1, 0.15) is 35.4 Å². The molecule has 0 spiro atoms. The monoisotopic (exact) mass is 780 g/mol. The van der Waals surface area contributed by atoms with E-state index in [1.54, 1.807) is 66.7 Å². The third-order valence-corrected chi connectivity index (χ3v) is 11.7. The summed E-state index contributed by atoms with van der Waals surface area (Å²) >= 11 is 18.6. The topological polar surface area (TPSA) is 120 Å². The fraction of sp³-hybridized carbons (Fsp3) is 0.237. The number of halogens is 6. The number of hydrazine groups is 1. The molecule has 53 heavy (non-hydrogen) atoms. The largest absolute Gasteiger partial charge is 0.508 e. The van der Waals surface area contributed by atoms with Crippen LogP contribution in [0.4, 0.5) is 24.7 Å². The van der Waals surface area contributed by atoms with Gasteiger partial charge in [0.05, 0.1) is 39.4 Å². The lowest BCUT2D eigenvalue weighted by Gasteiger charge is -2.50. The zero-order valence-electron chi connectivity index (χ0n) is 27.2. The summed E-state index contributed by atoms with van der Waals surface area (Å²) in [5.74, 6) is -7.68. The van der Waals surface area contributed by atoms with Crippen molar-refractivity contribution in [1.29, 1.82) is 0 Å². The molecule has 1 aromatic heterocycles. The summed E-state index contributed by atoms with van der Waals surface area (Å²) in [5, 5.41) is 12.4. The van der Waals surface area contributed by atoms with Crippen LogP contribution in [-0.4, -0.2) is 38.7 Å². The number of carbonyl (C=O) groups excluding carboxylic acids is 4. The number of hydrogen-bond donors (Lipinski definition) is 2. The number of allylic oxidation sites excluding steroid dienone is 2. The van der Waals surface area contributed by atoms with Gasteiger partial charge in [-0.1, -0.05) is 76.8 Å². The van der Waals surface area contributed by atoms with Crippen molar-refractivity contribution in [3.63, 3.8) is 0 Å². The first-order valence-electron chi connectivity index (χ1n) is 16.5. The first-order valence-corrected chi connectivity index (χ1v) is 17.6. The van der Waals surface area contributed by atoms with E-state index in [1.165, 1.54) is 6.07 Å². The fourth-order valence-corrected chi connectivity index (χ4v) is 9.16. The minimum absolute atomic E-state index is 0.0654. The number of pyridine rings is 1. The number of aromatic hydroxyl groups is 1. The Hall–Kier alpha value is -4.91. The molecule has 0 bridgehead atoms. The van der Waals surface area contributed by atoms with Crippen LogP contribution in [-0.2, 0) is 30.8 Å². The van der Waals surface area contributed by atoms with Gasteiger partial charge in [-0.15, -0.1) is 0 Å². The number of para-hydroxylation sites is 1. The lowest BCUT2D eigenvalue weighted by Crippen LogP contribution is -2.53.